The molecule has 7 heteroatoms. The van der Waals surface area contributed by atoms with Crippen LogP contribution in [0, 0.1) is 35.0 Å². The molecule has 184 valence electrons. The van der Waals surface area contributed by atoms with Crippen LogP contribution in [0.1, 0.15) is 73.1 Å². The standard InChI is InChI=1S/C25H42O7/c1-6-25(4,5)24(31)32-20-11-15(3)23(30)19-9-7-14(2)18(22(19)20)10-8-16(26)12-17(27)13-21(28)29/h7,9,14-20,22-23,26-27,30H,6,8,10-13H2,1-5H3,(H,28,29)/t14-,15+,16+,17+,18-,19+,20-,22+,23+/m0/s1. The van der Waals surface area contributed by atoms with Crippen LogP contribution >= 0.6 is 0 Å². The first-order valence-electron chi connectivity index (χ1n) is 12.0. The fraction of sp³-hybridized carbons (Fsp3) is 0.840. The third-order valence-electron chi connectivity index (χ3n) is 7.74. The number of fused-ring (bicyclic) bond motifs is 1. The molecule has 1 fully saturated rings. The van der Waals surface area contributed by atoms with Crippen molar-refractivity contribution in [2.75, 3.05) is 0 Å². The van der Waals surface area contributed by atoms with Gasteiger partial charge in [-0.3, -0.25) is 9.59 Å². The Kier molecular flexibility index (Phi) is 9.32. The first-order chi connectivity index (χ1) is 14.9. The van der Waals surface area contributed by atoms with Gasteiger partial charge in [0.1, 0.15) is 6.10 Å². The second-order valence-corrected chi connectivity index (χ2v) is 10.7. The van der Waals surface area contributed by atoms with Gasteiger partial charge in [0.2, 0.25) is 0 Å². The highest BCUT2D eigenvalue weighted by Crippen LogP contribution is 2.48. The third kappa shape index (κ3) is 6.55. The second kappa shape index (κ2) is 11.1. The van der Waals surface area contributed by atoms with Gasteiger partial charge >= 0.3 is 11.9 Å². The van der Waals surface area contributed by atoms with Crippen molar-refractivity contribution in [3.63, 3.8) is 0 Å². The Morgan fingerprint density at radius 1 is 1.16 bits per heavy atom. The zero-order valence-electron chi connectivity index (χ0n) is 20.1. The molecular formula is C25H42O7. The topological polar surface area (TPSA) is 124 Å². The highest BCUT2D eigenvalue weighted by atomic mass is 16.5. The smallest absolute Gasteiger partial charge is 0.311 e. The average molecular weight is 455 g/mol. The van der Waals surface area contributed by atoms with Crippen molar-refractivity contribution in [1.82, 2.24) is 0 Å². The molecule has 2 aliphatic carbocycles. The Hall–Kier alpha value is -1.44. The van der Waals surface area contributed by atoms with Gasteiger partial charge in [0.25, 0.3) is 0 Å². The predicted octanol–water partition coefficient (Wildman–Crippen LogP) is 3.16. The van der Waals surface area contributed by atoms with Crippen molar-refractivity contribution >= 4 is 11.9 Å². The summed E-state index contributed by atoms with van der Waals surface area (Å²) in [7, 11) is 0. The quantitative estimate of drug-likeness (QED) is 0.295. The lowest BCUT2D eigenvalue weighted by Gasteiger charge is -2.50. The molecule has 2 aliphatic rings. The second-order valence-electron chi connectivity index (χ2n) is 10.7. The number of carboxylic acid groups (broad SMARTS) is 1. The first kappa shape index (κ1) is 26.8. The van der Waals surface area contributed by atoms with E-state index < -0.39 is 29.7 Å². The molecule has 0 amide bonds. The highest BCUT2D eigenvalue weighted by molar-refractivity contribution is 5.76. The molecule has 0 heterocycles. The molecule has 0 aromatic rings. The normalized spacial score (nSPS) is 34.4. The van der Waals surface area contributed by atoms with Gasteiger partial charge < -0.3 is 25.2 Å². The van der Waals surface area contributed by atoms with Crippen LogP contribution in [0.25, 0.3) is 0 Å². The molecule has 7 nitrogen and oxygen atoms in total. The number of esters is 1. The van der Waals surface area contributed by atoms with E-state index in [1.54, 1.807) is 0 Å². The number of hydrogen-bond donors (Lipinski definition) is 4. The number of rotatable bonds is 10. The van der Waals surface area contributed by atoms with E-state index in [-0.39, 0.29) is 54.5 Å². The number of aliphatic carboxylic acids is 1. The zero-order chi connectivity index (χ0) is 24.2. The maximum Gasteiger partial charge on any atom is 0.311 e. The van der Waals surface area contributed by atoms with Crippen molar-refractivity contribution in [3.05, 3.63) is 12.2 Å². The first-order valence-corrected chi connectivity index (χ1v) is 12.0. The summed E-state index contributed by atoms with van der Waals surface area (Å²) in [6, 6.07) is 0. The lowest BCUT2D eigenvalue weighted by Crippen LogP contribution is -2.52. The highest BCUT2D eigenvalue weighted by Gasteiger charge is 2.49. The van der Waals surface area contributed by atoms with Crippen LogP contribution in [-0.4, -0.2) is 56.8 Å². The summed E-state index contributed by atoms with van der Waals surface area (Å²) in [5.41, 5.74) is -0.573. The Balaban J connectivity index is 2.15. The van der Waals surface area contributed by atoms with E-state index >= 15 is 0 Å². The van der Waals surface area contributed by atoms with Crippen LogP contribution in [0.2, 0.25) is 0 Å². The Morgan fingerprint density at radius 2 is 1.81 bits per heavy atom. The Bertz CT molecular complexity index is 673. The fourth-order valence-electron chi connectivity index (χ4n) is 5.24. The summed E-state index contributed by atoms with van der Waals surface area (Å²) >= 11 is 0. The van der Waals surface area contributed by atoms with Crippen molar-refractivity contribution in [3.8, 4) is 0 Å². The molecule has 0 aromatic carbocycles. The van der Waals surface area contributed by atoms with E-state index in [0.29, 0.717) is 25.7 Å². The molecule has 0 bridgehead atoms. The SMILES string of the molecule is CCC(C)(C)C(=O)O[C@H]1C[C@@H](C)[C@@H](O)[C@@H]2C=C[C@H](C)[C@H](CC[C@@H](O)C[C@@H](O)CC(=O)O)[C@H]21. The molecular weight excluding hydrogens is 412 g/mol. The number of allylic oxidation sites excluding steroid dienone is 1. The monoisotopic (exact) mass is 454 g/mol. The number of carbonyl (C=O) groups excluding carboxylic acids is 1. The molecule has 4 N–H and O–H groups in total. The third-order valence-corrected chi connectivity index (χ3v) is 7.74. The van der Waals surface area contributed by atoms with Gasteiger partial charge in [-0.15, -0.1) is 0 Å². The Labute approximate surface area is 191 Å². The maximum atomic E-state index is 12.9. The Morgan fingerprint density at radius 3 is 2.41 bits per heavy atom. The fourth-order valence-corrected chi connectivity index (χ4v) is 5.24. The molecule has 0 unspecified atom stereocenters. The molecule has 32 heavy (non-hydrogen) atoms. The van der Waals surface area contributed by atoms with E-state index in [9.17, 15) is 24.9 Å². The van der Waals surface area contributed by atoms with Crippen LogP contribution in [-0.2, 0) is 14.3 Å². The lowest BCUT2D eigenvalue weighted by atomic mass is 9.59. The van der Waals surface area contributed by atoms with E-state index in [1.807, 2.05) is 27.7 Å². The summed E-state index contributed by atoms with van der Waals surface area (Å²) < 4.78 is 6.08. The van der Waals surface area contributed by atoms with Gasteiger partial charge in [0, 0.05) is 11.8 Å². The molecule has 0 saturated heterocycles. The summed E-state index contributed by atoms with van der Waals surface area (Å²) in [6.07, 6.45) is 3.41. The van der Waals surface area contributed by atoms with Gasteiger partial charge in [-0.2, -0.15) is 0 Å². The molecule has 0 aliphatic heterocycles. The zero-order valence-corrected chi connectivity index (χ0v) is 20.1. The molecule has 9 atom stereocenters. The van der Waals surface area contributed by atoms with Crippen molar-refractivity contribution in [2.24, 2.45) is 35.0 Å². The number of aliphatic hydroxyl groups is 3. The van der Waals surface area contributed by atoms with E-state index in [2.05, 4.69) is 19.1 Å². The van der Waals surface area contributed by atoms with Crippen LogP contribution in [0.15, 0.2) is 12.2 Å². The number of carboxylic acids is 1. The van der Waals surface area contributed by atoms with Gasteiger partial charge in [-0.25, -0.2) is 0 Å². The lowest BCUT2D eigenvalue weighted by molar-refractivity contribution is -0.175. The van der Waals surface area contributed by atoms with Crippen molar-refractivity contribution < 1.29 is 34.8 Å². The maximum absolute atomic E-state index is 12.9. The van der Waals surface area contributed by atoms with Gasteiger partial charge in [0.05, 0.1) is 30.1 Å². The molecule has 2 rings (SSSR count). The largest absolute Gasteiger partial charge is 0.481 e. The summed E-state index contributed by atoms with van der Waals surface area (Å²) in [6.45, 7) is 9.82. The van der Waals surface area contributed by atoms with Crippen LogP contribution < -0.4 is 0 Å². The minimum atomic E-state index is -1.09. The van der Waals surface area contributed by atoms with E-state index in [1.165, 1.54) is 0 Å². The van der Waals surface area contributed by atoms with E-state index in [4.69, 9.17) is 9.84 Å². The van der Waals surface area contributed by atoms with Crippen LogP contribution in [0.3, 0.4) is 0 Å². The van der Waals surface area contributed by atoms with E-state index in [0.717, 1.165) is 0 Å². The number of ether oxygens (including phenoxy) is 1. The summed E-state index contributed by atoms with van der Waals surface area (Å²) in [5.74, 6) is -1.18. The van der Waals surface area contributed by atoms with Crippen LogP contribution in [0.4, 0.5) is 0 Å². The number of carbonyl (C=O) groups is 2. The number of aliphatic hydroxyl groups excluding tert-OH is 3. The molecule has 0 aromatic heterocycles. The minimum Gasteiger partial charge on any atom is -0.481 e. The number of hydrogen-bond acceptors (Lipinski definition) is 6. The van der Waals surface area contributed by atoms with Crippen LogP contribution in [0.5, 0.6) is 0 Å². The average Bonchev–Trinajstić information content (AvgIpc) is 2.69. The predicted molar refractivity (Wildman–Crippen MR) is 121 cm³/mol. The minimum absolute atomic E-state index is 0.00857. The van der Waals surface area contributed by atoms with Gasteiger partial charge in [0.15, 0.2) is 0 Å². The molecule has 0 radical (unpaired) electrons. The van der Waals surface area contributed by atoms with Gasteiger partial charge in [-0.05, 0) is 63.7 Å². The summed E-state index contributed by atoms with van der Waals surface area (Å²) in [4.78, 5) is 23.6. The van der Waals surface area contributed by atoms with Gasteiger partial charge in [-0.1, -0.05) is 32.9 Å². The summed E-state index contributed by atoms with van der Waals surface area (Å²) in [5, 5.41) is 39.9. The molecule has 0 spiro atoms. The van der Waals surface area contributed by atoms with Crippen molar-refractivity contribution in [1.29, 1.82) is 0 Å². The van der Waals surface area contributed by atoms with Crippen molar-refractivity contribution in [2.45, 2.75) is 97.6 Å². The molecule has 1 saturated carbocycles.